The minimum absolute atomic E-state index is 0.155. The van der Waals surface area contributed by atoms with Crippen LogP contribution < -0.4 is 5.73 Å². The van der Waals surface area contributed by atoms with Crippen molar-refractivity contribution in [3.8, 4) is 6.07 Å². The molecule has 0 fully saturated rings. The fourth-order valence-electron chi connectivity index (χ4n) is 3.00. The van der Waals surface area contributed by atoms with Crippen molar-refractivity contribution in [1.29, 1.82) is 5.26 Å². The first-order valence-electron chi connectivity index (χ1n) is 6.76. The molecule has 2 N–H and O–H groups in total. The highest BCUT2D eigenvalue weighted by Gasteiger charge is 2.34. The topological polar surface area (TPSA) is 59.0 Å². The van der Waals surface area contributed by atoms with E-state index in [1.807, 2.05) is 24.3 Å². The Morgan fingerprint density at radius 2 is 2.00 bits per heavy atom. The minimum Gasteiger partial charge on any atom is -0.445 e. The summed E-state index contributed by atoms with van der Waals surface area (Å²) in [5.74, 6) is 0.994. The Kier molecular flexibility index (Phi) is 3.42. The quantitative estimate of drug-likeness (QED) is 0.849. The van der Waals surface area contributed by atoms with Crippen LogP contribution in [0.25, 0.3) is 0 Å². The fraction of sp³-hybridized carbons (Fsp3) is 0.312. The molecule has 1 atom stereocenters. The summed E-state index contributed by atoms with van der Waals surface area (Å²) in [5, 5.41) is 10.1. The molecule has 0 radical (unpaired) electrons. The molecule has 0 amide bonds. The summed E-state index contributed by atoms with van der Waals surface area (Å²) in [4.78, 5) is 0. The van der Waals surface area contributed by atoms with Crippen LogP contribution in [0.4, 0.5) is 0 Å². The molecule has 3 rings (SSSR count). The van der Waals surface area contributed by atoms with Crippen LogP contribution in [0.1, 0.15) is 37.2 Å². The summed E-state index contributed by atoms with van der Waals surface area (Å²) in [6, 6.07) is 9.83. The van der Waals surface area contributed by atoms with E-state index in [1.54, 1.807) is 0 Å². The van der Waals surface area contributed by atoms with Crippen molar-refractivity contribution in [2.24, 2.45) is 5.73 Å². The molecule has 0 spiro atoms. The van der Waals surface area contributed by atoms with E-state index in [4.69, 9.17) is 22.1 Å². The largest absolute Gasteiger partial charge is 0.445 e. The number of hydrogen-bond acceptors (Lipinski definition) is 3. The van der Waals surface area contributed by atoms with Crippen LogP contribution in [0, 0.1) is 11.3 Å². The van der Waals surface area contributed by atoms with Gasteiger partial charge in [0, 0.05) is 11.4 Å². The molecular weight excluding hydrogens is 272 g/mol. The molecule has 1 aliphatic heterocycles. The highest BCUT2D eigenvalue weighted by Crippen LogP contribution is 2.46. The maximum absolute atomic E-state index is 9.44. The van der Waals surface area contributed by atoms with Gasteiger partial charge in [-0.2, -0.15) is 5.26 Å². The summed E-state index contributed by atoms with van der Waals surface area (Å²) in [5.41, 5.74) is 8.50. The molecule has 102 valence electrons. The molecule has 1 aliphatic carbocycles. The van der Waals surface area contributed by atoms with Gasteiger partial charge in [-0.25, -0.2) is 0 Å². The number of nitrogens with zero attached hydrogens (tertiary/aromatic N) is 1. The van der Waals surface area contributed by atoms with E-state index < -0.39 is 0 Å². The summed E-state index contributed by atoms with van der Waals surface area (Å²) < 4.78 is 5.66. The monoisotopic (exact) mass is 286 g/mol. The van der Waals surface area contributed by atoms with E-state index in [2.05, 4.69) is 6.07 Å². The maximum Gasteiger partial charge on any atom is 0.205 e. The second-order valence-corrected chi connectivity index (χ2v) is 5.51. The van der Waals surface area contributed by atoms with Crippen LogP contribution in [0.5, 0.6) is 0 Å². The van der Waals surface area contributed by atoms with E-state index >= 15 is 0 Å². The Labute approximate surface area is 123 Å². The SMILES string of the molecule is N#CC1=C(N)OC2=C(CCCC2)C1c1ccccc1Cl. The molecule has 2 aliphatic rings. The summed E-state index contributed by atoms with van der Waals surface area (Å²) in [6.07, 6.45) is 4.03. The van der Waals surface area contributed by atoms with Crippen molar-refractivity contribution >= 4 is 11.6 Å². The smallest absolute Gasteiger partial charge is 0.205 e. The van der Waals surface area contributed by atoms with Gasteiger partial charge < -0.3 is 10.5 Å². The number of ether oxygens (including phenoxy) is 1. The van der Waals surface area contributed by atoms with Gasteiger partial charge in [0.25, 0.3) is 0 Å². The van der Waals surface area contributed by atoms with Crippen LogP contribution in [0.2, 0.25) is 5.02 Å². The maximum atomic E-state index is 9.44. The van der Waals surface area contributed by atoms with E-state index in [1.165, 1.54) is 0 Å². The normalized spacial score (nSPS) is 22.1. The van der Waals surface area contributed by atoms with Gasteiger partial charge in [-0.15, -0.1) is 0 Å². The van der Waals surface area contributed by atoms with Crippen molar-refractivity contribution in [3.05, 3.63) is 57.6 Å². The number of nitrogens with two attached hydrogens (primary N) is 1. The third-order valence-corrected chi connectivity index (χ3v) is 4.27. The minimum atomic E-state index is -0.155. The molecule has 0 saturated carbocycles. The van der Waals surface area contributed by atoms with Gasteiger partial charge >= 0.3 is 0 Å². The van der Waals surface area contributed by atoms with Crippen molar-refractivity contribution < 1.29 is 4.74 Å². The van der Waals surface area contributed by atoms with Crippen LogP contribution >= 0.6 is 11.6 Å². The lowest BCUT2D eigenvalue weighted by atomic mass is 9.78. The first kappa shape index (κ1) is 13.1. The molecular formula is C16H15ClN2O. The number of benzene rings is 1. The number of allylic oxidation sites excluding steroid dienone is 3. The third-order valence-electron chi connectivity index (χ3n) is 3.93. The van der Waals surface area contributed by atoms with Gasteiger partial charge in [0.2, 0.25) is 5.88 Å². The third kappa shape index (κ3) is 2.07. The zero-order valence-corrected chi connectivity index (χ0v) is 11.8. The van der Waals surface area contributed by atoms with Gasteiger partial charge in [-0.3, -0.25) is 0 Å². The van der Waals surface area contributed by atoms with Crippen molar-refractivity contribution in [2.75, 3.05) is 0 Å². The van der Waals surface area contributed by atoms with Crippen molar-refractivity contribution in [1.82, 2.24) is 0 Å². The lowest BCUT2D eigenvalue weighted by Crippen LogP contribution is -2.22. The number of nitriles is 1. The molecule has 4 heteroatoms. The first-order chi connectivity index (χ1) is 9.72. The Balaban J connectivity index is 2.17. The Morgan fingerprint density at radius 3 is 2.75 bits per heavy atom. The van der Waals surface area contributed by atoms with Gasteiger partial charge in [-0.05, 0) is 36.5 Å². The lowest BCUT2D eigenvalue weighted by Gasteiger charge is -2.32. The Hall–Kier alpha value is -1.92. The predicted molar refractivity (Wildman–Crippen MR) is 77.6 cm³/mol. The van der Waals surface area contributed by atoms with E-state index in [0.29, 0.717) is 10.6 Å². The number of halogens is 1. The summed E-state index contributed by atoms with van der Waals surface area (Å²) in [7, 11) is 0. The summed E-state index contributed by atoms with van der Waals surface area (Å²) >= 11 is 6.32. The molecule has 1 heterocycles. The van der Waals surface area contributed by atoms with Gasteiger partial charge in [0.05, 0.1) is 5.92 Å². The average Bonchev–Trinajstić information content (AvgIpc) is 2.46. The van der Waals surface area contributed by atoms with Crippen molar-refractivity contribution in [3.63, 3.8) is 0 Å². The molecule has 3 nitrogen and oxygen atoms in total. The number of hydrogen-bond donors (Lipinski definition) is 1. The second kappa shape index (κ2) is 5.22. The number of rotatable bonds is 1. The summed E-state index contributed by atoms with van der Waals surface area (Å²) in [6.45, 7) is 0. The zero-order chi connectivity index (χ0) is 14.1. The Bertz CT molecular complexity index is 655. The molecule has 0 saturated heterocycles. The molecule has 1 aromatic rings. The van der Waals surface area contributed by atoms with E-state index in [0.717, 1.165) is 42.6 Å². The second-order valence-electron chi connectivity index (χ2n) is 5.10. The van der Waals surface area contributed by atoms with E-state index in [-0.39, 0.29) is 11.8 Å². The van der Waals surface area contributed by atoms with Crippen LogP contribution in [0.3, 0.4) is 0 Å². The van der Waals surface area contributed by atoms with Crippen LogP contribution in [-0.4, -0.2) is 0 Å². The standard InChI is InChI=1S/C16H15ClN2O/c17-13-7-3-1-5-10(13)15-11-6-2-4-8-14(11)20-16(19)12(15)9-18/h1,3,5,7,15H,2,4,6,8,19H2. The van der Waals surface area contributed by atoms with Crippen LogP contribution in [0.15, 0.2) is 47.1 Å². The molecule has 0 aromatic heterocycles. The van der Waals surface area contributed by atoms with Crippen LogP contribution in [-0.2, 0) is 4.74 Å². The molecule has 1 aromatic carbocycles. The molecule has 0 bridgehead atoms. The lowest BCUT2D eigenvalue weighted by molar-refractivity contribution is 0.251. The molecule has 1 unspecified atom stereocenters. The zero-order valence-electron chi connectivity index (χ0n) is 11.0. The van der Waals surface area contributed by atoms with Gasteiger partial charge in [0.1, 0.15) is 17.4 Å². The molecule has 20 heavy (non-hydrogen) atoms. The van der Waals surface area contributed by atoms with E-state index in [9.17, 15) is 5.26 Å². The highest BCUT2D eigenvalue weighted by molar-refractivity contribution is 6.31. The van der Waals surface area contributed by atoms with Gasteiger partial charge in [0.15, 0.2) is 0 Å². The highest BCUT2D eigenvalue weighted by atomic mass is 35.5. The van der Waals surface area contributed by atoms with Gasteiger partial charge in [-0.1, -0.05) is 29.8 Å². The average molecular weight is 287 g/mol. The Morgan fingerprint density at radius 1 is 1.25 bits per heavy atom. The van der Waals surface area contributed by atoms with Crippen molar-refractivity contribution in [2.45, 2.75) is 31.6 Å². The first-order valence-corrected chi connectivity index (χ1v) is 7.14. The predicted octanol–water partition coefficient (Wildman–Crippen LogP) is 3.98. The fourth-order valence-corrected chi connectivity index (χ4v) is 3.24.